The molecule has 1 aliphatic carbocycles. The Morgan fingerprint density at radius 1 is 1.19 bits per heavy atom. The monoisotopic (exact) mass is 456 g/mol. The number of hydrazine groups is 1. The summed E-state index contributed by atoms with van der Waals surface area (Å²) in [4.78, 5) is 4.66. The van der Waals surface area contributed by atoms with Gasteiger partial charge in [-0.2, -0.15) is 5.01 Å². The SMILES string of the molecule is COCC1CCC(C(O)N2Cc3c(cnc4c3ccn4S(=O)(=O)c3ccccc3)N2)CC1. The van der Waals surface area contributed by atoms with Gasteiger partial charge in [-0.3, -0.25) is 0 Å². The summed E-state index contributed by atoms with van der Waals surface area (Å²) < 4.78 is 32.7. The Morgan fingerprint density at radius 3 is 2.66 bits per heavy atom. The van der Waals surface area contributed by atoms with Crippen LogP contribution in [0, 0.1) is 11.8 Å². The highest BCUT2D eigenvalue weighted by Gasteiger charge is 2.34. The van der Waals surface area contributed by atoms with Gasteiger partial charge in [0.25, 0.3) is 10.0 Å². The first kappa shape index (κ1) is 21.4. The number of benzene rings is 1. The number of nitrogens with one attached hydrogen (secondary N) is 1. The van der Waals surface area contributed by atoms with Gasteiger partial charge >= 0.3 is 0 Å². The zero-order valence-corrected chi connectivity index (χ0v) is 18.8. The molecule has 1 atom stereocenters. The van der Waals surface area contributed by atoms with E-state index in [1.54, 1.807) is 55.9 Å². The summed E-state index contributed by atoms with van der Waals surface area (Å²) in [5.74, 6) is 0.763. The summed E-state index contributed by atoms with van der Waals surface area (Å²) in [6, 6.07) is 10.1. The zero-order valence-electron chi connectivity index (χ0n) is 18.0. The second-order valence-corrected chi connectivity index (χ2v) is 10.5. The van der Waals surface area contributed by atoms with Crippen molar-refractivity contribution in [2.45, 2.75) is 43.4 Å². The predicted molar refractivity (Wildman–Crippen MR) is 121 cm³/mol. The average molecular weight is 457 g/mol. The smallest absolute Gasteiger partial charge is 0.269 e. The van der Waals surface area contributed by atoms with Crippen LogP contribution in [-0.2, 0) is 21.3 Å². The number of aromatic nitrogens is 2. The van der Waals surface area contributed by atoms with Gasteiger partial charge in [0.2, 0.25) is 0 Å². The van der Waals surface area contributed by atoms with E-state index in [-0.39, 0.29) is 10.8 Å². The van der Waals surface area contributed by atoms with Crippen molar-refractivity contribution in [1.29, 1.82) is 0 Å². The third kappa shape index (κ3) is 3.69. The Hall–Kier alpha value is -2.46. The molecule has 0 radical (unpaired) electrons. The van der Waals surface area contributed by atoms with Crippen molar-refractivity contribution in [3.05, 3.63) is 54.4 Å². The van der Waals surface area contributed by atoms with Crippen molar-refractivity contribution < 1.29 is 18.3 Å². The van der Waals surface area contributed by atoms with Gasteiger partial charge in [-0.1, -0.05) is 18.2 Å². The van der Waals surface area contributed by atoms with Crippen molar-refractivity contribution in [3.63, 3.8) is 0 Å². The molecule has 2 aliphatic rings. The number of pyridine rings is 1. The van der Waals surface area contributed by atoms with Gasteiger partial charge in [-0.05, 0) is 49.8 Å². The van der Waals surface area contributed by atoms with Crippen LogP contribution in [0.15, 0.2) is 53.7 Å². The molecule has 0 saturated heterocycles. The molecule has 1 unspecified atom stereocenters. The number of hydrogen-bond donors (Lipinski definition) is 2. The molecule has 5 rings (SSSR count). The summed E-state index contributed by atoms with van der Waals surface area (Å²) in [5, 5.41) is 13.6. The van der Waals surface area contributed by atoms with Gasteiger partial charge in [-0.25, -0.2) is 17.4 Å². The molecule has 0 amide bonds. The van der Waals surface area contributed by atoms with E-state index in [1.165, 1.54) is 3.97 Å². The van der Waals surface area contributed by atoms with Gasteiger partial charge in [0, 0.05) is 43.3 Å². The van der Waals surface area contributed by atoms with E-state index in [4.69, 9.17) is 4.74 Å². The van der Waals surface area contributed by atoms with Gasteiger partial charge in [0.05, 0.1) is 16.8 Å². The zero-order chi connectivity index (χ0) is 22.3. The molecule has 0 spiro atoms. The van der Waals surface area contributed by atoms with Crippen molar-refractivity contribution in [2.75, 3.05) is 19.1 Å². The number of rotatable bonds is 6. The molecule has 1 fully saturated rings. The molecule has 9 heteroatoms. The van der Waals surface area contributed by atoms with Gasteiger partial charge < -0.3 is 15.3 Å². The van der Waals surface area contributed by atoms with Crippen LogP contribution in [0.5, 0.6) is 0 Å². The van der Waals surface area contributed by atoms with Crippen LogP contribution in [0.2, 0.25) is 0 Å². The number of hydrogen-bond acceptors (Lipinski definition) is 7. The summed E-state index contributed by atoms with van der Waals surface area (Å²) in [6.45, 7) is 1.27. The van der Waals surface area contributed by atoms with Crippen molar-refractivity contribution in [2.24, 2.45) is 11.8 Å². The largest absolute Gasteiger partial charge is 0.384 e. The van der Waals surface area contributed by atoms with E-state index in [9.17, 15) is 13.5 Å². The van der Waals surface area contributed by atoms with Gasteiger partial charge in [0.1, 0.15) is 6.23 Å². The second kappa shape index (κ2) is 8.47. The van der Waals surface area contributed by atoms with E-state index in [0.29, 0.717) is 18.1 Å². The number of aliphatic hydroxyl groups is 1. The quantitative estimate of drug-likeness (QED) is 0.588. The fourth-order valence-corrected chi connectivity index (χ4v) is 6.27. The Kier molecular flexibility index (Phi) is 5.66. The van der Waals surface area contributed by atoms with E-state index >= 15 is 0 Å². The molecular weight excluding hydrogens is 428 g/mol. The Bertz CT molecular complexity index is 1200. The second-order valence-electron chi connectivity index (χ2n) is 8.71. The first-order chi connectivity index (χ1) is 15.5. The van der Waals surface area contributed by atoms with Crippen LogP contribution < -0.4 is 5.43 Å². The van der Waals surface area contributed by atoms with Crippen molar-refractivity contribution >= 4 is 26.7 Å². The Labute approximate surface area is 187 Å². The van der Waals surface area contributed by atoms with E-state index < -0.39 is 16.3 Å². The molecule has 3 heterocycles. The lowest BCUT2D eigenvalue weighted by atomic mass is 9.81. The molecule has 1 saturated carbocycles. The molecule has 1 aliphatic heterocycles. The standard InChI is InChI=1S/C23H28N4O4S/c1-31-15-16-7-9-17(10-8-16)23(28)26-14-20-19-11-12-27(22(19)24-13-21(20)25-26)32(29,30)18-5-3-2-4-6-18/h2-6,11-13,16-17,23,25,28H,7-10,14-15H2,1H3. The van der Waals surface area contributed by atoms with Crippen LogP contribution in [0.25, 0.3) is 11.0 Å². The van der Waals surface area contributed by atoms with Crippen molar-refractivity contribution in [3.8, 4) is 0 Å². The summed E-state index contributed by atoms with van der Waals surface area (Å²) >= 11 is 0. The molecule has 170 valence electrons. The van der Waals surface area contributed by atoms with Crippen LogP contribution in [0.1, 0.15) is 31.2 Å². The average Bonchev–Trinajstić information content (AvgIpc) is 3.44. The highest BCUT2D eigenvalue weighted by Crippen LogP contribution is 2.37. The number of ether oxygens (including phenoxy) is 1. The molecule has 1 aromatic carbocycles. The van der Waals surface area contributed by atoms with Crippen molar-refractivity contribution in [1.82, 2.24) is 14.0 Å². The number of aliphatic hydroxyl groups excluding tert-OH is 1. The lowest BCUT2D eigenvalue weighted by molar-refractivity contribution is -0.0446. The Balaban J connectivity index is 1.37. The summed E-state index contributed by atoms with van der Waals surface area (Å²) in [6.07, 6.45) is 6.63. The highest BCUT2D eigenvalue weighted by molar-refractivity contribution is 7.90. The van der Waals surface area contributed by atoms with E-state index in [2.05, 4.69) is 10.4 Å². The topological polar surface area (TPSA) is 96.7 Å². The summed E-state index contributed by atoms with van der Waals surface area (Å²) in [5.41, 5.74) is 5.42. The highest BCUT2D eigenvalue weighted by atomic mass is 32.2. The predicted octanol–water partition coefficient (Wildman–Crippen LogP) is 3.19. The lowest BCUT2D eigenvalue weighted by Gasteiger charge is -2.35. The molecule has 32 heavy (non-hydrogen) atoms. The summed E-state index contributed by atoms with van der Waals surface area (Å²) in [7, 11) is -2.00. The molecule has 3 aromatic rings. The first-order valence-corrected chi connectivity index (χ1v) is 12.4. The maximum atomic E-state index is 13.1. The number of methoxy groups -OCH3 is 1. The minimum absolute atomic E-state index is 0.191. The normalized spacial score (nSPS) is 22.6. The number of anilines is 1. The third-order valence-electron chi connectivity index (χ3n) is 6.72. The fourth-order valence-electron chi connectivity index (χ4n) is 4.95. The van der Waals surface area contributed by atoms with E-state index in [1.807, 2.05) is 5.01 Å². The molecule has 2 N–H and O–H groups in total. The lowest BCUT2D eigenvalue weighted by Crippen LogP contribution is -2.42. The van der Waals surface area contributed by atoms with Crippen LogP contribution >= 0.6 is 0 Å². The molecule has 8 nitrogen and oxygen atoms in total. The first-order valence-electron chi connectivity index (χ1n) is 11.0. The molecular formula is C23H28N4O4S. The Morgan fingerprint density at radius 2 is 1.94 bits per heavy atom. The molecule has 0 bridgehead atoms. The maximum Gasteiger partial charge on any atom is 0.269 e. The van der Waals surface area contributed by atoms with Gasteiger partial charge in [-0.15, -0.1) is 0 Å². The van der Waals surface area contributed by atoms with E-state index in [0.717, 1.165) is 48.9 Å². The maximum absolute atomic E-state index is 13.1. The van der Waals surface area contributed by atoms with Crippen LogP contribution in [0.3, 0.4) is 0 Å². The molecule has 2 aromatic heterocycles. The number of fused-ring (bicyclic) bond motifs is 3. The minimum Gasteiger partial charge on any atom is -0.384 e. The van der Waals surface area contributed by atoms with Crippen LogP contribution in [0.4, 0.5) is 5.69 Å². The number of nitrogens with zero attached hydrogens (tertiary/aromatic N) is 3. The third-order valence-corrected chi connectivity index (χ3v) is 8.40. The van der Waals surface area contributed by atoms with Crippen LogP contribution in [-0.4, -0.2) is 47.4 Å². The van der Waals surface area contributed by atoms with Gasteiger partial charge in [0.15, 0.2) is 5.65 Å². The fraction of sp³-hybridized carbons (Fsp3) is 0.435. The minimum atomic E-state index is -3.74.